The Kier molecular flexibility index (Phi) is 6.65. The molecule has 1 N–H and O–H groups in total. The molecule has 0 radical (unpaired) electrons. The zero-order valence-corrected chi connectivity index (χ0v) is 21.9. The fourth-order valence-electron chi connectivity index (χ4n) is 3.80. The summed E-state index contributed by atoms with van der Waals surface area (Å²) >= 11 is 3.86. The van der Waals surface area contributed by atoms with E-state index in [1.165, 1.54) is 40.5 Å². The third kappa shape index (κ3) is 4.66. The summed E-state index contributed by atoms with van der Waals surface area (Å²) in [6, 6.07) is 8.05. The highest BCUT2D eigenvalue weighted by molar-refractivity contribution is 7.99. The molecule has 0 bridgehead atoms. The van der Waals surface area contributed by atoms with E-state index in [0.29, 0.717) is 42.3 Å². The Balaban J connectivity index is 1.55. The van der Waals surface area contributed by atoms with Crippen molar-refractivity contribution in [2.45, 2.75) is 37.1 Å². The van der Waals surface area contributed by atoms with E-state index in [-0.39, 0.29) is 17.7 Å². The van der Waals surface area contributed by atoms with E-state index < -0.39 is 12.0 Å². The maximum absolute atomic E-state index is 13.5. The number of carbonyl (C=O) groups is 1. The number of thiazole rings is 1. The fraction of sp³-hybridized carbons (Fsp3) is 0.208. The average Bonchev–Trinajstić information content (AvgIpc) is 3.55. The molecule has 1 aliphatic rings. The number of nitrogens with one attached hydrogen (secondary N) is 1. The van der Waals surface area contributed by atoms with E-state index in [0.717, 1.165) is 4.88 Å². The topological polar surface area (TPSA) is 120 Å². The molecular weight excluding hydrogens is 520 g/mol. The van der Waals surface area contributed by atoms with Crippen molar-refractivity contribution >= 4 is 46.5 Å². The number of aromatic nitrogens is 3. The molecule has 4 aromatic heterocycles. The first kappa shape index (κ1) is 24.2. The van der Waals surface area contributed by atoms with Crippen LogP contribution in [0.2, 0.25) is 0 Å². The second-order valence-corrected chi connectivity index (χ2v) is 10.8. The highest BCUT2D eigenvalue weighted by Crippen LogP contribution is 2.33. The van der Waals surface area contributed by atoms with Gasteiger partial charge in [0.2, 0.25) is 0 Å². The van der Waals surface area contributed by atoms with E-state index in [1.807, 2.05) is 17.5 Å². The standard InChI is InChI=1S/C24H20N4O5S3/c1-4-32-22(31)19-13(3)26-24-28(20(19)15-6-5-9-34-15)21(30)16(35-24)11-14-7-8-18(33-14)36-23-25-12(2)10-17(29)27-23/h5-11,20H,4H2,1-3H3,(H,25,27,29)/b16-11+/t20-/m0/s1. The zero-order valence-electron chi connectivity index (χ0n) is 19.4. The molecule has 5 rings (SSSR count). The molecule has 0 aromatic carbocycles. The first-order valence-electron chi connectivity index (χ1n) is 10.9. The van der Waals surface area contributed by atoms with Crippen molar-refractivity contribution in [2.24, 2.45) is 4.99 Å². The molecule has 0 amide bonds. The van der Waals surface area contributed by atoms with Crippen LogP contribution in [-0.4, -0.2) is 27.1 Å². The largest absolute Gasteiger partial charge is 0.463 e. The van der Waals surface area contributed by atoms with Gasteiger partial charge >= 0.3 is 5.97 Å². The first-order chi connectivity index (χ1) is 17.3. The lowest BCUT2D eigenvalue weighted by molar-refractivity contribution is -0.139. The number of aryl methyl sites for hydroxylation is 1. The quantitative estimate of drug-likeness (QED) is 0.295. The minimum absolute atomic E-state index is 0.224. The average molecular weight is 541 g/mol. The monoisotopic (exact) mass is 540 g/mol. The van der Waals surface area contributed by atoms with Gasteiger partial charge in [-0.05, 0) is 56.1 Å². The number of rotatable bonds is 6. The Morgan fingerprint density at radius 3 is 2.86 bits per heavy atom. The van der Waals surface area contributed by atoms with Gasteiger partial charge < -0.3 is 14.1 Å². The first-order valence-corrected chi connectivity index (χ1v) is 13.4. The summed E-state index contributed by atoms with van der Waals surface area (Å²) < 4.78 is 13.1. The molecule has 1 aliphatic heterocycles. The molecule has 9 nitrogen and oxygen atoms in total. The van der Waals surface area contributed by atoms with Gasteiger partial charge in [-0.15, -0.1) is 11.3 Å². The summed E-state index contributed by atoms with van der Waals surface area (Å²) in [7, 11) is 0. The number of hydrogen-bond acceptors (Lipinski definition) is 10. The van der Waals surface area contributed by atoms with E-state index in [1.54, 1.807) is 43.5 Å². The van der Waals surface area contributed by atoms with Gasteiger partial charge in [-0.1, -0.05) is 17.4 Å². The number of ether oxygens (including phenoxy) is 1. The molecule has 5 heterocycles. The number of hydrogen-bond donors (Lipinski definition) is 1. The molecule has 0 saturated heterocycles. The third-order valence-electron chi connectivity index (χ3n) is 5.25. The summed E-state index contributed by atoms with van der Waals surface area (Å²) in [5, 5.41) is 2.83. The lowest BCUT2D eigenvalue weighted by Gasteiger charge is -2.23. The summed E-state index contributed by atoms with van der Waals surface area (Å²) in [5.74, 6) is -0.0197. The van der Waals surface area contributed by atoms with Crippen LogP contribution in [0.15, 0.2) is 76.2 Å². The number of nitrogens with zero attached hydrogens (tertiary/aromatic N) is 3. The van der Waals surface area contributed by atoms with Gasteiger partial charge in [0.15, 0.2) is 15.1 Å². The van der Waals surface area contributed by atoms with Crippen molar-refractivity contribution in [3.63, 3.8) is 0 Å². The number of furan rings is 1. The van der Waals surface area contributed by atoms with Crippen molar-refractivity contribution in [2.75, 3.05) is 6.61 Å². The summed E-state index contributed by atoms with van der Waals surface area (Å²) in [5.41, 5.74) is 0.967. The maximum Gasteiger partial charge on any atom is 0.338 e. The van der Waals surface area contributed by atoms with Crippen molar-refractivity contribution in [3.05, 3.63) is 93.4 Å². The third-order valence-corrected chi connectivity index (χ3v) is 7.97. The van der Waals surface area contributed by atoms with Crippen molar-refractivity contribution in [1.82, 2.24) is 14.5 Å². The number of aromatic amines is 1. The van der Waals surface area contributed by atoms with Crippen LogP contribution in [0.3, 0.4) is 0 Å². The molecule has 1 atom stereocenters. The molecule has 0 fully saturated rings. The normalized spacial score (nSPS) is 15.6. The Morgan fingerprint density at radius 2 is 2.14 bits per heavy atom. The summed E-state index contributed by atoms with van der Waals surface area (Å²) in [4.78, 5) is 50.9. The van der Waals surface area contributed by atoms with Gasteiger partial charge in [0, 0.05) is 22.7 Å². The maximum atomic E-state index is 13.5. The second-order valence-electron chi connectivity index (χ2n) is 7.77. The lowest BCUT2D eigenvalue weighted by Crippen LogP contribution is -2.39. The van der Waals surface area contributed by atoms with Gasteiger partial charge in [-0.3, -0.25) is 14.2 Å². The smallest absolute Gasteiger partial charge is 0.338 e. The minimum atomic E-state index is -0.616. The zero-order chi connectivity index (χ0) is 25.4. The molecular formula is C24H20N4O5S3. The van der Waals surface area contributed by atoms with E-state index in [4.69, 9.17) is 9.15 Å². The predicted octanol–water partition coefficient (Wildman–Crippen LogP) is 3.00. The number of carbonyl (C=O) groups excluding carboxylic acids is 1. The fourth-order valence-corrected chi connectivity index (χ4v) is 6.45. The molecule has 184 valence electrons. The van der Waals surface area contributed by atoms with Crippen LogP contribution in [-0.2, 0) is 9.53 Å². The Hall–Kier alpha value is -3.48. The van der Waals surface area contributed by atoms with Crippen LogP contribution in [0.1, 0.15) is 36.2 Å². The van der Waals surface area contributed by atoms with Crippen molar-refractivity contribution in [1.29, 1.82) is 0 Å². The number of esters is 1. The minimum Gasteiger partial charge on any atom is -0.463 e. The highest BCUT2D eigenvalue weighted by Gasteiger charge is 2.33. The van der Waals surface area contributed by atoms with Crippen LogP contribution >= 0.6 is 34.4 Å². The molecule has 12 heteroatoms. The van der Waals surface area contributed by atoms with Crippen LogP contribution in [0.25, 0.3) is 6.08 Å². The molecule has 0 saturated carbocycles. The Bertz CT molecular complexity index is 1720. The van der Waals surface area contributed by atoms with Gasteiger partial charge in [-0.25, -0.2) is 14.8 Å². The number of allylic oxidation sites excluding steroid dienone is 1. The van der Waals surface area contributed by atoms with E-state index >= 15 is 0 Å². The molecule has 4 aromatic rings. The van der Waals surface area contributed by atoms with Crippen LogP contribution in [0, 0.1) is 6.92 Å². The van der Waals surface area contributed by atoms with E-state index in [9.17, 15) is 14.4 Å². The number of fused-ring (bicyclic) bond motifs is 1. The Morgan fingerprint density at radius 1 is 1.31 bits per heavy atom. The van der Waals surface area contributed by atoms with E-state index in [2.05, 4.69) is 15.0 Å². The Labute approximate surface area is 216 Å². The van der Waals surface area contributed by atoms with Crippen molar-refractivity contribution < 1.29 is 13.9 Å². The molecule has 0 aliphatic carbocycles. The SMILES string of the molecule is CCOC(=O)C1=C(C)N=c2s/c(=C/c3ccc(Sc4nc(C)cc(=O)[nH]4)o3)c(=O)n2[C@H]1c1cccs1. The van der Waals surface area contributed by atoms with Gasteiger partial charge in [0.05, 0.1) is 22.4 Å². The highest BCUT2D eigenvalue weighted by atomic mass is 32.2. The molecule has 0 spiro atoms. The molecule has 0 unspecified atom stereocenters. The van der Waals surface area contributed by atoms with Crippen molar-refractivity contribution in [3.8, 4) is 0 Å². The second kappa shape index (κ2) is 9.88. The van der Waals surface area contributed by atoms with Crippen LogP contribution < -0.4 is 20.5 Å². The number of H-pyrrole nitrogens is 1. The van der Waals surface area contributed by atoms with Crippen LogP contribution in [0.5, 0.6) is 0 Å². The van der Waals surface area contributed by atoms with Crippen LogP contribution in [0.4, 0.5) is 0 Å². The predicted molar refractivity (Wildman–Crippen MR) is 137 cm³/mol. The van der Waals surface area contributed by atoms with Gasteiger partial charge in [0.1, 0.15) is 11.8 Å². The number of thiophene rings is 1. The lowest BCUT2D eigenvalue weighted by atomic mass is 10.0. The van der Waals surface area contributed by atoms with Gasteiger partial charge in [-0.2, -0.15) is 0 Å². The molecule has 36 heavy (non-hydrogen) atoms. The summed E-state index contributed by atoms with van der Waals surface area (Å²) in [6.07, 6.45) is 1.65. The van der Waals surface area contributed by atoms with Gasteiger partial charge in [0.25, 0.3) is 11.1 Å². The summed E-state index contributed by atoms with van der Waals surface area (Å²) in [6.45, 7) is 5.46.